The summed E-state index contributed by atoms with van der Waals surface area (Å²) in [5.74, 6) is -0.914. The molecule has 0 amide bonds. The zero-order valence-electron chi connectivity index (χ0n) is 8.80. The van der Waals surface area contributed by atoms with E-state index in [0.717, 1.165) is 16.7 Å². The zero-order chi connectivity index (χ0) is 11.5. The van der Waals surface area contributed by atoms with Gasteiger partial charge < -0.3 is 9.63 Å². The van der Waals surface area contributed by atoms with Crippen molar-refractivity contribution < 1.29 is 14.4 Å². The first kappa shape index (κ1) is 10.4. The molecule has 1 aromatic heterocycles. The van der Waals surface area contributed by atoms with Gasteiger partial charge in [0, 0.05) is 5.56 Å². The first-order valence-electron chi connectivity index (χ1n) is 4.89. The van der Waals surface area contributed by atoms with Crippen LogP contribution in [0.3, 0.4) is 0 Å². The van der Waals surface area contributed by atoms with Gasteiger partial charge in [-0.3, -0.25) is 4.79 Å². The summed E-state index contributed by atoms with van der Waals surface area (Å²) >= 11 is 0. The highest BCUT2D eigenvalue weighted by atomic mass is 16.5. The lowest BCUT2D eigenvalue weighted by Crippen LogP contribution is -2.01. The Morgan fingerprint density at radius 2 is 2.31 bits per heavy atom. The van der Waals surface area contributed by atoms with Crippen LogP contribution < -0.4 is 0 Å². The molecule has 0 aliphatic rings. The third kappa shape index (κ3) is 2.11. The lowest BCUT2D eigenvalue weighted by atomic mass is 10.0. The fraction of sp³-hybridized carbons (Fsp3) is 0.167. The van der Waals surface area contributed by atoms with E-state index in [0.29, 0.717) is 5.69 Å². The minimum atomic E-state index is -0.914. The molecule has 0 spiro atoms. The summed E-state index contributed by atoms with van der Waals surface area (Å²) in [5, 5.41) is 12.4. The quantitative estimate of drug-likeness (QED) is 0.856. The van der Waals surface area contributed by atoms with Gasteiger partial charge in [0.15, 0.2) is 0 Å². The highest BCUT2D eigenvalue weighted by molar-refractivity contribution is 5.75. The fourth-order valence-corrected chi connectivity index (χ4v) is 1.58. The van der Waals surface area contributed by atoms with E-state index in [1.165, 1.54) is 6.26 Å². The van der Waals surface area contributed by atoms with Crippen LogP contribution in [0.2, 0.25) is 0 Å². The highest BCUT2D eigenvalue weighted by Gasteiger charge is 2.13. The molecule has 16 heavy (non-hydrogen) atoms. The summed E-state index contributed by atoms with van der Waals surface area (Å²) < 4.78 is 4.83. The number of hydrogen-bond acceptors (Lipinski definition) is 3. The van der Waals surface area contributed by atoms with E-state index in [4.69, 9.17) is 9.63 Å². The van der Waals surface area contributed by atoms with Gasteiger partial charge in [-0.15, -0.1) is 0 Å². The van der Waals surface area contributed by atoms with Gasteiger partial charge in [0.2, 0.25) is 0 Å². The molecule has 2 aromatic rings. The number of aliphatic carboxylic acids is 1. The van der Waals surface area contributed by atoms with E-state index >= 15 is 0 Å². The summed E-state index contributed by atoms with van der Waals surface area (Å²) in [6.07, 6.45) is 1.35. The van der Waals surface area contributed by atoms with Crippen molar-refractivity contribution in [2.24, 2.45) is 0 Å². The first-order chi connectivity index (χ1) is 7.66. The lowest BCUT2D eigenvalue weighted by Gasteiger charge is -2.00. The maximum Gasteiger partial charge on any atom is 0.309 e. The maximum absolute atomic E-state index is 10.6. The second kappa shape index (κ2) is 4.18. The molecule has 1 N–H and O–H groups in total. The largest absolute Gasteiger partial charge is 0.481 e. The number of aromatic nitrogens is 1. The number of hydrogen-bond donors (Lipinski definition) is 1. The molecule has 1 aromatic carbocycles. The van der Waals surface area contributed by atoms with E-state index in [1.54, 1.807) is 0 Å². The van der Waals surface area contributed by atoms with Gasteiger partial charge in [-0.1, -0.05) is 35.0 Å². The predicted octanol–water partition coefficient (Wildman–Crippen LogP) is 2.28. The summed E-state index contributed by atoms with van der Waals surface area (Å²) in [4.78, 5) is 10.6. The molecule has 0 saturated heterocycles. The second-order valence-corrected chi connectivity index (χ2v) is 3.61. The molecule has 0 radical (unpaired) electrons. The molecule has 0 unspecified atom stereocenters. The van der Waals surface area contributed by atoms with Crippen molar-refractivity contribution in [3.63, 3.8) is 0 Å². The van der Waals surface area contributed by atoms with Crippen LogP contribution in [0.1, 0.15) is 11.3 Å². The fourth-order valence-electron chi connectivity index (χ4n) is 1.58. The average molecular weight is 217 g/mol. The molecular weight excluding hydrogens is 206 g/mol. The third-order valence-electron chi connectivity index (χ3n) is 2.29. The first-order valence-corrected chi connectivity index (χ1v) is 4.89. The molecule has 2 rings (SSSR count). The van der Waals surface area contributed by atoms with Crippen LogP contribution in [-0.4, -0.2) is 16.2 Å². The average Bonchev–Trinajstić information content (AvgIpc) is 2.65. The number of nitrogens with zero attached hydrogens (tertiary/aromatic N) is 1. The Balaban J connectivity index is 2.40. The topological polar surface area (TPSA) is 63.3 Å². The van der Waals surface area contributed by atoms with Crippen LogP contribution in [0.5, 0.6) is 0 Å². The Bertz CT molecular complexity index is 516. The SMILES string of the molecule is Cc1cccc(-c2conc2CC(=O)O)c1. The summed E-state index contributed by atoms with van der Waals surface area (Å²) in [6, 6.07) is 7.78. The van der Waals surface area contributed by atoms with Crippen molar-refractivity contribution in [3.8, 4) is 11.1 Å². The maximum atomic E-state index is 10.6. The van der Waals surface area contributed by atoms with Crippen molar-refractivity contribution >= 4 is 5.97 Å². The minimum Gasteiger partial charge on any atom is -0.481 e. The van der Waals surface area contributed by atoms with Crippen LogP contribution in [0.25, 0.3) is 11.1 Å². The van der Waals surface area contributed by atoms with Gasteiger partial charge in [0.1, 0.15) is 12.0 Å². The Morgan fingerprint density at radius 3 is 3.00 bits per heavy atom. The normalized spacial score (nSPS) is 10.3. The standard InChI is InChI=1S/C12H11NO3/c1-8-3-2-4-9(5-8)10-7-16-13-11(10)6-12(14)15/h2-5,7H,6H2,1H3,(H,14,15). The summed E-state index contributed by atoms with van der Waals surface area (Å²) in [7, 11) is 0. The molecular formula is C12H11NO3. The smallest absolute Gasteiger partial charge is 0.309 e. The van der Waals surface area contributed by atoms with Crippen LogP contribution in [-0.2, 0) is 11.2 Å². The molecule has 4 heteroatoms. The molecule has 0 aliphatic heterocycles. The van der Waals surface area contributed by atoms with E-state index < -0.39 is 5.97 Å². The number of benzene rings is 1. The number of rotatable bonds is 3. The van der Waals surface area contributed by atoms with Gasteiger partial charge in [0.05, 0.1) is 6.42 Å². The Hall–Kier alpha value is -2.10. The van der Waals surface area contributed by atoms with Gasteiger partial charge in [-0.25, -0.2) is 0 Å². The van der Waals surface area contributed by atoms with Gasteiger partial charge >= 0.3 is 5.97 Å². The number of carbonyl (C=O) groups is 1. The Morgan fingerprint density at radius 1 is 1.50 bits per heavy atom. The molecule has 0 atom stereocenters. The number of aryl methyl sites for hydroxylation is 1. The predicted molar refractivity (Wildman–Crippen MR) is 58.0 cm³/mol. The highest BCUT2D eigenvalue weighted by Crippen LogP contribution is 2.24. The minimum absolute atomic E-state index is 0.125. The Labute approximate surface area is 92.5 Å². The Kier molecular flexibility index (Phi) is 2.72. The molecule has 1 heterocycles. The van der Waals surface area contributed by atoms with Gasteiger partial charge in [-0.05, 0) is 12.5 Å². The number of carboxylic acid groups (broad SMARTS) is 1. The summed E-state index contributed by atoms with van der Waals surface area (Å²) in [6.45, 7) is 1.98. The molecule has 0 saturated carbocycles. The lowest BCUT2D eigenvalue weighted by molar-refractivity contribution is -0.136. The summed E-state index contributed by atoms with van der Waals surface area (Å²) in [5.41, 5.74) is 3.24. The molecule has 4 nitrogen and oxygen atoms in total. The van der Waals surface area contributed by atoms with E-state index in [-0.39, 0.29) is 6.42 Å². The number of carboxylic acids is 1. The van der Waals surface area contributed by atoms with Crippen molar-refractivity contribution in [1.82, 2.24) is 5.16 Å². The monoisotopic (exact) mass is 217 g/mol. The van der Waals surface area contributed by atoms with Crippen LogP contribution in [0.15, 0.2) is 35.1 Å². The van der Waals surface area contributed by atoms with Crippen molar-refractivity contribution in [1.29, 1.82) is 0 Å². The molecule has 0 fully saturated rings. The third-order valence-corrected chi connectivity index (χ3v) is 2.29. The molecule has 82 valence electrons. The zero-order valence-corrected chi connectivity index (χ0v) is 8.80. The van der Waals surface area contributed by atoms with Crippen LogP contribution >= 0.6 is 0 Å². The van der Waals surface area contributed by atoms with E-state index in [9.17, 15) is 4.79 Å². The second-order valence-electron chi connectivity index (χ2n) is 3.61. The van der Waals surface area contributed by atoms with Crippen molar-refractivity contribution in [2.75, 3.05) is 0 Å². The van der Waals surface area contributed by atoms with E-state index in [2.05, 4.69) is 5.16 Å². The van der Waals surface area contributed by atoms with Crippen molar-refractivity contribution in [2.45, 2.75) is 13.3 Å². The van der Waals surface area contributed by atoms with Crippen LogP contribution in [0, 0.1) is 6.92 Å². The molecule has 0 bridgehead atoms. The van der Waals surface area contributed by atoms with Crippen molar-refractivity contribution in [3.05, 3.63) is 41.8 Å². The van der Waals surface area contributed by atoms with E-state index in [1.807, 2.05) is 31.2 Å². The van der Waals surface area contributed by atoms with Crippen LogP contribution in [0.4, 0.5) is 0 Å². The molecule has 0 aliphatic carbocycles. The van der Waals surface area contributed by atoms with Gasteiger partial charge in [-0.2, -0.15) is 0 Å². The van der Waals surface area contributed by atoms with Gasteiger partial charge in [0.25, 0.3) is 0 Å².